The van der Waals surface area contributed by atoms with Crippen molar-refractivity contribution in [3.8, 4) is 11.4 Å². The van der Waals surface area contributed by atoms with Crippen molar-refractivity contribution < 1.29 is 23.1 Å². The third-order valence-electron chi connectivity index (χ3n) is 6.15. The van der Waals surface area contributed by atoms with Gasteiger partial charge in [-0.2, -0.15) is 18.3 Å². The first-order chi connectivity index (χ1) is 17.2. The molecule has 0 radical (unpaired) electrons. The Morgan fingerprint density at radius 1 is 1.14 bits per heavy atom. The average Bonchev–Trinajstić information content (AvgIpc) is 3.26. The number of rotatable bonds is 5. The lowest BCUT2D eigenvalue weighted by Crippen LogP contribution is -2.41. The summed E-state index contributed by atoms with van der Waals surface area (Å²) in [6.07, 6.45) is -1.46. The molecule has 0 aliphatic carbocycles. The van der Waals surface area contributed by atoms with Gasteiger partial charge in [-0.1, -0.05) is 0 Å². The van der Waals surface area contributed by atoms with Gasteiger partial charge in [0.1, 0.15) is 5.69 Å². The number of aryl methyl sites for hydroxylation is 1. The molecule has 1 unspecified atom stereocenters. The molecule has 0 bridgehead atoms. The van der Waals surface area contributed by atoms with Gasteiger partial charge in [0, 0.05) is 35.4 Å². The number of benzene rings is 2. The van der Waals surface area contributed by atoms with Crippen molar-refractivity contribution in [1.82, 2.24) is 19.7 Å². The van der Waals surface area contributed by atoms with Crippen LogP contribution in [0.15, 0.2) is 48.8 Å². The number of hydrogen-bond donors (Lipinski definition) is 2. The Morgan fingerprint density at radius 3 is 2.67 bits per heavy atom. The van der Waals surface area contributed by atoms with Gasteiger partial charge in [-0.05, 0) is 55.8 Å². The van der Waals surface area contributed by atoms with Gasteiger partial charge in [0.25, 0.3) is 5.91 Å². The van der Waals surface area contributed by atoms with E-state index in [-0.39, 0.29) is 18.6 Å². The Kier molecular flexibility index (Phi) is 5.87. The van der Waals surface area contributed by atoms with Gasteiger partial charge in [-0.25, -0.2) is 9.97 Å². The molecule has 0 saturated heterocycles. The van der Waals surface area contributed by atoms with E-state index in [0.29, 0.717) is 46.8 Å². The standard InChI is InChI=1S/C25H23F3N6O2/c1-14-9-16(23-29-11-17-10-18(25(26,27)28)4-5-19(17)32-23)3-6-21(14)33-7-8-34-22(24(33)36)20(12-30-34)31-15(2)13-35/h3-6,9-12,15,31,35H,7-8,13H2,1-2H3. The van der Waals surface area contributed by atoms with E-state index in [2.05, 4.69) is 20.4 Å². The molecule has 11 heteroatoms. The van der Waals surface area contributed by atoms with E-state index >= 15 is 0 Å². The molecule has 0 saturated carbocycles. The normalized spacial score (nSPS) is 14.7. The van der Waals surface area contributed by atoms with Gasteiger partial charge in [0.2, 0.25) is 0 Å². The molecule has 2 N–H and O–H groups in total. The lowest BCUT2D eigenvalue weighted by atomic mass is 10.1. The Labute approximate surface area is 204 Å². The zero-order valence-corrected chi connectivity index (χ0v) is 19.5. The van der Waals surface area contributed by atoms with Gasteiger partial charge in [0.05, 0.1) is 36.1 Å². The number of anilines is 2. The minimum atomic E-state index is -4.43. The molecule has 1 aliphatic heterocycles. The molecule has 5 rings (SSSR count). The lowest BCUT2D eigenvalue weighted by molar-refractivity contribution is -0.137. The smallest absolute Gasteiger partial charge is 0.394 e. The molecule has 2 aromatic heterocycles. The molecule has 0 spiro atoms. The van der Waals surface area contributed by atoms with E-state index < -0.39 is 11.7 Å². The summed E-state index contributed by atoms with van der Waals surface area (Å²) < 4.78 is 40.6. The highest BCUT2D eigenvalue weighted by molar-refractivity contribution is 6.09. The molecule has 1 atom stereocenters. The first-order valence-corrected chi connectivity index (χ1v) is 11.4. The molecule has 186 valence electrons. The highest BCUT2D eigenvalue weighted by Crippen LogP contribution is 2.33. The number of halogens is 3. The summed E-state index contributed by atoms with van der Waals surface area (Å²) in [5.41, 5.74) is 2.90. The highest BCUT2D eigenvalue weighted by atomic mass is 19.4. The Bertz CT molecular complexity index is 1470. The highest BCUT2D eigenvalue weighted by Gasteiger charge is 2.32. The molecule has 2 aromatic carbocycles. The van der Waals surface area contributed by atoms with Gasteiger partial charge >= 0.3 is 6.18 Å². The number of aliphatic hydroxyl groups excluding tert-OH is 1. The fraction of sp³-hybridized carbons (Fsp3) is 0.280. The molecular weight excluding hydrogens is 473 g/mol. The summed E-state index contributed by atoms with van der Waals surface area (Å²) in [7, 11) is 0. The maximum atomic E-state index is 13.4. The third-order valence-corrected chi connectivity index (χ3v) is 6.15. The van der Waals surface area contributed by atoms with Crippen LogP contribution in [0, 0.1) is 6.92 Å². The van der Waals surface area contributed by atoms with Crippen molar-refractivity contribution in [3.63, 3.8) is 0 Å². The summed E-state index contributed by atoms with van der Waals surface area (Å²) in [6, 6.07) is 8.61. The summed E-state index contributed by atoms with van der Waals surface area (Å²) in [5.74, 6) is 0.175. The fourth-order valence-electron chi connectivity index (χ4n) is 4.30. The number of amides is 1. The molecule has 1 amide bonds. The van der Waals surface area contributed by atoms with Crippen molar-refractivity contribution in [2.45, 2.75) is 32.6 Å². The molecule has 8 nitrogen and oxygen atoms in total. The predicted octanol–water partition coefficient (Wildman–Crippen LogP) is 4.27. The monoisotopic (exact) mass is 496 g/mol. The number of fused-ring (bicyclic) bond motifs is 2. The minimum Gasteiger partial charge on any atom is -0.394 e. The van der Waals surface area contributed by atoms with E-state index in [1.165, 1.54) is 12.3 Å². The maximum absolute atomic E-state index is 13.4. The van der Waals surface area contributed by atoms with Crippen LogP contribution in [0.25, 0.3) is 22.3 Å². The number of nitrogens with one attached hydrogen (secondary N) is 1. The second-order valence-corrected chi connectivity index (χ2v) is 8.78. The Morgan fingerprint density at radius 2 is 1.94 bits per heavy atom. The van der Waals surface area contributed by atoms with E-state index in [0.717, 1.165) is 23.4 Å². The Hall–Kier alpha value is -3.99. The van der Waals surface area contributed by atoms with Crippen LogP contribution in [0.5, 0.6) is 0 Å². The van der Waals surface area contributed by atoms with E-state index in [1.807, 2.05) is 26.0 Å². The quantitative estimate of drug-likeness (QED) is 0.428. The topological polar surface area (TPSA) is 96.2 Å². The van der Waals surface area contributed by atoms with Gasteiger partial charge in [0.15, 0.2) is 5.82 Å². The second kappa shape index (κ2) is 8.90. The van der Waals surface area contributed by atoms with Gasteiger partial charge in [-0.15, -0.1) is 0 Å². The fourth-order valence-corrected chi connectivity index (χ4v) is 4.30. The number of aliphatic hydroxyl groups is 1. The first kappa shape index (κ1) is 23.7. The van der Waals surface area contributed by atoms with Crippen LogP contribution in [0.4, 0.5) is 24.5 Å². The lowest BCUT2D eigenvalue weighted by Gasteiger charge is -2.29. The second-order valence-electron chi connectivity index (χ2n) is 8.78. The van der Waals surface area contributed by atoms with Crippen LogP contribution in [0.1, 0.15) is 28.5 Å². The van der Waals surface area contributed by atoms with Crippen LogP contribution in [-0.4, -0.2) is 50.0 Å². The van der Waals surface area contributed by atoms with Crippen molar-refractivity contribution in [3.05, 3.63) is 65.6 Å². The first-order valence-electron chi connectivity index (χ1n) is 11.4. The summed E-state index contributed by atoms with van der Waals surface area (Å²) in [5, 5.41) is 17.1. The maximum Gasteiger partial charge on any atom is 0.416 e. The third kappa shape index (κ3) is 4.26. The molecule has 0 fully saturated rings. The molecule has 4 aromatic rings. The largest absolute Gasteiger partial charge is 0.416 e. The van der Waals surface area contributed by atoms with Crippen LogP contribution in [0.3, 0.4) is 0 Å². The van der Waals surface area contributed by atoms with E-state index in [1.54, 1.807) is 21.8 Å². The van der Waals surface area contributed by atoms with Crippen molar-refractivity contribution in [1.29, 1.82) is 0 Å². The number of nitrogens with zero attached hydrogens (tertiary/aromatic N) is 5. The average molecular weight is 496 g/mol. The molecular formula is C25H23F3N6O2. The summed E-state index contributed by atoms with van der Waals surface area (Å²) in [4.78, 5) is 23.8. The SMILES string of the molecule is Cc1cc(-c2ncc3cc(C(F)(F)F)ccc3n2)ccc1N1CCn2ncc(NC(C)CO)c2C1=O. The molecule has 36 heavy (non-hydrogen) atoms. The zero-order valence-electron chi connectivity index (χ0n) is 19.5. The summed E-state index contributed by atoms with van der Waals surface area (Å²) in [6.45, 7) is 4.56. The Balaban J connectivity index is 1.43. The number of alkyl halides is 3. The van der Waals surface area contributed by atoms with E-state index in [4.69, 9.17) is 0 Å². The van der Waals surface area contributed by atoms with Gasteiger partial charge in [-0.3, -0.25) is 9.48 Å². The van der Waals surface area contributed by atoms with Crippen molar-refractivity contribution in [2.75, 3.05) is 23.4 Å². The van der Waals surface area contributed by atoms with Crippen molar-refractivity contribution in [2.24, 2.45) is 0 Å². The van der Waals surface area contributed by atoms with Crippen LogP contribution in [0.2, 0.25) is 0 Å². The van der Waals surface area contributed by atoms with Crippen LogP contribution >= 0.6 is 0 Å². The zero-order chi connectivity index (χ0) is 25.6. The van der Waals surface area contributed by atoms with Crippen LogP contribution in [-0.2, 0) is 12.7 Å². The van der Waals surface area contributed by atoms with Gasteiger partial charge < -0.3 is 15.3 Å². The molecule has 3 heterocycles. The van der Waals surface area contributed by atoms with Crippen LogP contribution < -0.4 is 10.2 Å². The minimum absolute atomic E-state index is 0.0799. The molecule has 1 aliphatic rings. The number of aromatic nitrogens is 4. The number of carbonyl (C=O) groups excluding carboxylic acids is 1. The van der Waals surface area contributed by atoms with E-state index in [9.17, 15) is 23.1 Å². The number of carbonyl (C=O) groups is 1. The number of hydrogen-bond acceptors (Lipinski definition) is 6. The van der Waals surface area contributed by atoms with Crippen molar-refractivity contribution >= 4 is 28.2 Å². The summed E-state index contributed by atoms with van der Waals surface area (Å²) >= 11 is 0. The predicted molar refractivity (Wildman–Crippen MR) is 129 cm³/mol.